The molecule has 9 heteroatoms. The molecule has 0 spiro atoms. The Labute approximate surface area is 219 Å². The van der Waals surface area contributed by atoms with Gasteiger partial charge in [-0.25, -0.2) is 13.6 Å². The van der Waals surface area contributed by atoms with E-state index in [-0.39, 0.29) is 51.0 Å². The first-order valence-electron chi connectivity index (χ1n) is 11.5. The SMILES string of the molecule is CNC(=O)OC(C)(C)C.COc1ccc(C=O)c(-c2c(Cl)c(F)cc3c2CC(c2ccccc2)O3)c1F. The second kappa shape index (κ2) is 11.6. The second-order valence-electron chi connectivity index (χ2n) is 9.16. The largest absolute Gasteiger partial charge is 0.494 e. The molecule has 0 saturated heterocycles. The number of rotatable bonds is 4. The van der Waals surface area contributed by atoms with Crippen LogP contribution in [0.5, 0.6) is 11.5 Å². The highest BCUT2D eigenvalue weighted by Gasteiger charge is 2.32. The molecule has 1 aliphatic rings. The molecule has 1 unspecified atom stereocenters. The van der Waals surface area contributed by atoms with Crippen LogP contribution >= 0.6 is 11.6 Å². The summed E-state index contributed by atoms with van der Waals surface area (Å²) in [6, 6.07) is 13.4. The van der Waals surface area contributed by atoms with E-state index in [2.05, 4.69) is 5.32 Å². The molecular formula is C28H28ClF2NO5. The Morgan fingerprint density at radius 1 is 1.14 bits per heavy atom. The first-order valence-corrected chi connectivity index (χ1v) is 11.8. The van der Waals surface area contributed by atoms with Gasteiger partial charge in [-0.3, -0.25) is 4.79 Å². The Hall–Kier alpha value is -3.65. The van der Waals surface area contributed by atoms with Gasteiger partial charge in [0.25, 0.3) is 0 Å². The van der Waals surface area contributed by atoms with Crippen LogP contribution in [0.15, 0.2) is 48.5 Å². The summed E-state index contributed by atoms with van der Waals surface area (Å²) in [5, 5.41) is 2.10. The van der Waals surface area contributed by atoms with Gasteiger partial charge in [-0.1, -0.05) is 41.9 Å². The van der Waals surface area contributed by atoms with Gasteiger partial charge < -0.3 is 19.5 Å². The maximum atomic E-state index is 15.1. The third-order valence-corrected chi connectivity index (χ3v) is 5.82. The lowest BCUT2D eigenvalue weighted by molar-refractivity contribution is 0.0541. The quantitative estimate of drug-likeness (QED) is 0.370. The normalized spacial score (nSPS) is 14.0. The number of ether oxygens (including phenoxy) is 3. The summed E-state index contributed by atoms with van der Waals surface area (Å²) in [5.74, 6) is -1.30. The van der Waals surface area contributed by atoms with Gasteiger partial charge in [-0.05, 0) is 38.5 Å². The molecule has 1 amide bonds. The van der Waals surface area contributed by atoms with Crippen LogP contribution in [0.25, 0.3) is 11.1 Å². The maximum Gasteiger partial charge on any atom is 0.407 e. The van der Waals surface area contributed by atoms with Crippen molar-refractivity contribution in [3.05, 3.63) is 81.9 Å². The number of benzene rings is 3. The summed E-state index contributed by atoms with van der Waals surface area (Å²) in [6.45, 7) is 5.46. The van der Waals surface area contributed by atoms with Crippen LogP contribution < -0.4 is 14.8 Å². The monoisotopic (exact) mass is 531 g/mol. The van der Waals surface area contributed by atoms with E-state index < -0.39 is 11.6 Å². The highest BCUT2D eigenvalue weighted by Crippen LogP contribution is 2.48. The zero-order chi connectivity index (χ0) is 27.3. The predicted octanol–water partition coefficient (Wildman–Crippen LogP) is 6.92. The topological polar surface area (TPSA) is 73.9 Å². The van der Waals surface area contributed by atoms with E-state index in [1.165, 1.54) is 32.4 Å². The van der Waals surface area contributed by atoms with Crippen molar-refractivity contribution in [1.82, 2.24) is 5.32 Å². The Morgan fingerprint density at radius 2 is 1.81 bits per heavy atom. The van der Waals surface area contributed by atoms with Crippen molar-refractivity contribution in [3.63, 3.8) is 0 Å². The second-order valence-corrected chi connectivity index (χ2v) is 9.54. The third kappa shape index (κ3) is 6.38. The van der Waals surface area contributed by atoms with Crippen LogP contribution in [0.1, 0.15) is 48.4 Å². The van der Waals surface area contributed by atoms with Crippen molar-refractivity contribution in [1.29, 1.82) is 0 Å². The van der Waals surface area contributed by atoms with Gasteiger partial charge in [-0.15, -0.1) is 0 Å². The molecule has 37 heavy (non-hydrogen) atoms. The first-order chi connectivity index (χ1) is 17.5. The molecule has 0 aromatic heterocycles. The molecule has 1 N–H and O–H groups in total. The van der Waals surface area contributed by atoms with E-state index in [0.717, 1.165) is 5.56 Å². The average Bonchev–Trinajstić information content (AvgIpc) is 3.28. The lowest BCUT2D eigenvalue weighted by Gasteiger charge is -2.18. The van der Waals surface area contributed by atoms with Gasteiger partial charge in [0.15, 0.2) is 17.9 Å². The number of halogens is 3. The van der Waals surface area contributed by atoms with E-state index >= 15 is 4.39 Å². The molecule has 0 bridgehead atoms. The molecule has 0 fully saturated rings. The lowest BCUT2D eigenvalue weighted by Crippen LogP contribution is -2.30. The Morgan fingerprint density at radius 3 is 2.35 bits per heavy atom. The molecule has 1 aliphatic heterocycles. The van der Waals surface area contributed by atoms with Crippen LogP contribution in [-0.4, -0.2) is 32.1 Å². The van der Waals surface area contributed by atoms with Crippen molar-refractivity contribution < 1.29 is 32.6 Å². The lowest BCUT2D eigenvalue weighted by atomic mass is 9.91. The van der Waals surface area contributed by atoms with Crippen LogP contribution in [0.4, 0.5) is 13.6 Å². The summed E-state index contributed by atoms with van der Waals surface area (Å²) >= 11 is 6.25. The number of methoxy groups -OCH3 is 1. The summed E-state index contributed by atoms with van der Waals surface area (Å²) in [5.41, 5.74) is 1.15. The predicted molar refractivity (Wildman–Crippen MR) is 138 cm³/mol. The van der Waals surface area contributed by atoms with Gasteiger partial charge in [0.1, 0.15) is 23.3 Å². The van der Waals surface area contributed by atoms with Crippen molar-refractivity contribution in [2.45, 2.75) is 38.9 Å². The van der Waals surface area contributed by atoms with Crippen LogP contribution in [0.3, 0.4) is 0 Å². The van der Waals surface area contributed by atoms with E-state index in [9.17, 15) is 14.0 Å². The minimum atomic E-state index is -0.773. The summed E-state index contributed by atoms with van der Waals surface area (Å²) in [6.07, 6.45) is 0.128. The number of hydrogen-bond donors (Lipinski definition) is 1. The minimum absolute atomic E-state index is 0.0520. The maximum absolute atomic E-state index is 15.1. The molecule has 0 saturated carbocycles. The average molecular weight is 532 g/mol. The first kappa shape index (κ1) is 27.9. The third-order valence-electron chi connectivity index (χ3n) is 5.45. The number of amides is 1. The Bertz CT molecular complexity index is 1290. The van der Waals surface area contributed by atoms with E-state index in [4.69, 9.17) is 25.8 Å². The summed E-state index contributed by atoms with van der Waals surface area (Å²) in [7, 11) is 2.85. The summed E-state index contributed by atoms with van der Waals surface area (Å²) in [4.78, 5) is 22.1. The molecule has 0 aliphatic carbocycles. The number of nitrogens with one attached hydrogen (secondary N) is 1. The van der Waals surface area contributed by atoms with Gasteiger partial charge in [0.05, 0.1) is 12.1 Å². The zero-order valence-corrected chi connectivity index (χ0v) is 21.9. The Kier molecular flexibility index (Phi) is 8.76. The fourth-order valence-corrected chi connectivity index (χ4v) is 4.12. The number of carbonyl (C=O) groups excluding carboxylic acids is 2. The van der Waals surface area contributed by atoms with Crippen LogP contribution in [-0.2, 0) is 11.2 Å². The van der Waals surface area contributed by atoms with Crippen molar-refractivity contribution in [2.24, 2.45) is 0 Å². The smallest absolute Gasteiger partial charge is 0.407 e. The number of alkyl carbamates (subject to hydrolysis) is 1. The molecule has 3 aromatic rings. The van der Waals surface area contributed by atoms with Gasteiger partial charge >= 0.3 is 6.09 Å². The van der Waals surface area contributed by atoms with Crippen LogP contribution in [0, 0.1) is 11.6 Å². The van der Waals surface area contributed by atoms with Crippen LogP contribution in [0.2, 0.25) is 5.02 Å². The fraction of sp³-hybridized carbons (Fsp3) is 0.286. The standard InChI is InChI=1S/C22H15ClF2O3.C6H13NO2/c1-27-16-8-7-13(11-26)19(22(16)25)20-14-9-17(12-5-3-2-4-6-12)28-18(14)10-15(24)21(20)23;1-6(2,3)9-5(8)7-4/h2-8,10-11,17H,9H2,1H3;1-4H3,(H,7,8). The van der Waals surface area contributed by atoms with E-state index in [1.807, 2.05) is 51.1 Å². The number of carbonyl (C=O) groups is 2. The van der Waals surface area contributed by atoms with Gasteiger partial charge in [0.2, 0.25) is 0 Å². The molecule has 6 nitrogen and oxygen atoms in total. The minimum Gasteiger partial charge on any atom is -0.494 e. The Balaban J connectivity index is 0.000000364. The molecule has 1 heterocycles. The van der Waals surface area contributed by atoms with Gasteiger partial charge in [-0.2, -0.15) is 0 Å². The number of hydrogen-bond acceptors (Lipinski definition) is 5. The van der Waals surface area contributed by atoms with E-state index in [1.54, 1.807) is 0 Å². The summed E-state index contributed by atoms with van der Waals surface area (Å²) < 4.78 is 45.4. The molecule has 1 atom stereocenters. The van der Waals surface area contributed by atoms with E-state index in [0.29, 0.717) is 18.3 Å². The highest BCUT2D eigenvalue weighted by atomic mass is 35.5. The van der Waals surface area contributed by atoms with Crippen molar-refractivity contribution >= 4 is 24.0 Å². The fourth-order valence-electron chi connectivity index (χ4n) is 3.85. The molecule has 3 aromatic carbocycles. The zero-order valence-electron chi connectivity index (χ0n) is 21.2. The number of aldehydes is 1. The van der Waals surface area contributed by atoms with Crippen molar-refractivity contribution in [2.75, 3.05) is 14.2 Å². The number of fused-ring (bicyclic) bond motifs is 1. The highest BCUT2D eigenvalue weighted by molar-refractivity contribution is 6.34. The molecule has 0 radical (unpaired) electrons. The molecular weight excluding hydrogens is 504 g/mol. The van der Waals surface area contributed by atoms with Gasteiger partial charge in [0, 0.05) is 41.8 Å². The van der Waals surface area contributed by atoms with Crippen molar-refractivity contribution in [3.8, 4) is 22.6 Å². The molecule has 4 rings (SSSR count). The molecule has 196 valence electrons.